The largest absolute Gasteiger partial charge is 0.419 e. The van der Waals surface area contributed by atoms with Crippen molar-refractivity contribution >= 4 is 23.5 Å². The molecule has 2 aromatic rings. The second-order valence-corrected chi connectivity index (χ2v) is 5.64. The molecule has 1 aromatic heterocycles. The summed E-state index contributed by atoms with van der Waals surface area (Å²) >= 11 is 0. The highest BCUT2D eigenvalue weighted by Gasteiger charge is 2.34. The molecule has 0 saturated carbocycles. The number of rotatable bonds is 4. The van der Waals surface area contributed by atoms with Gasteiger partial charge in [-0.05, 0) is 24.6 Å². The molecular weight excluding hydrogens is 336 g/mol. The Kier molecular flexibility index (Phi) is 4.61. The van der Waals surface area contributed by atoms with Gasteiger partial charge in [0.15, 0.2) is 0 Å². The molecule has 2 heterocycles. The minimum Gasteiger partial charge on any atom is -0.352 e. The number of aromatic nitrogens is 2. The van der Waals surface area contributed by atoms with Crippen LogP contribution < -0.4 is 10.2 Å². The van der Waals surface area contributed by atoms with Crippen LogP contribution >= 0.6 is 0 Å². The monoisotopic (exact) mass is 352 g/mol. The molecule has 0 fully saturated rings. The lowest BCUT2D eigenvalue weighted by Gasteiger charge is -2.26. The SMILES string of the molecule is CCCN1CC=Cc2cnc(Nc3ccc(F)c(C(F)(F)F)c3)nc21. The van der Waals surface area contributed by atoms with Gasteiger partial charge in [-0.3, -0.25) is 0 Å². The average Bonchev–Trinajstić information content (AvgIpc) is 2.56. The van der Waals surface area contributed by atoms with Crippen LogP contribution in [0.15, 0.2) is 30.5 Å². The zero-order valence-electron chi connectivity index (χ0n) is 13.4. The van der Waals surface area contributed by atoms with Gasteiger partial charge in [-0.2, -0.15) is 18.2 Å². The molecule has 1 aliphatic heterocycles. The number of hydrogen-bond acceptors (Lipinski definition) is 4. The van der Waals surface area contributed by atoms with E-state index in [1.807, 2.05) is 12.2 Å². The Morgan fingerprint density at radius 3 is 2.80 bits per heavy atom. The van der Waals surface area contributed by atoms with Gasteiger partial charge in [0.1, 0.15) is 11.6 Å². The van der Waals surface area contributed by atoms with E-state index in [4.69, 9.17) is 0 Å². The number of halogens is 4. The first-order valence-electron chi connectivity index (χ1n) is 7.81. The van der Waals surface area contributed by atoms with E-state index in [0.29, 0.717) is 12.6 Å². The van der Waals surface area contributed by atoms with Crippen molar-refractivity contribution in [3.05, 3.63) is 47.4 Å². The highest BCUT2D eigenvalue weighted by molar-refractivity contribution is 5.69. The van der Waals surface area contributed by atoms with Crippen LogP contribution in [0.2, 0.25) is 0 Å². The van der Waals surface area contributed by atoms with Crippen molar-refractivity contribution in [3.63, 3.8) is 0 Å². The molecule has 132 valence electrons. The minimum absolute atomic E-state index is 0.0714. The molecule has 1 aromatic carbocycles. The minimum atomic E-state index is -4.76. The fourth-order valence-corrected chi connectivity index (χ4v) is 2.62. The van der Waals surface area contributed by atoms with E-state index in [1.54, 1.807) is 6.20 Å². The lowest BCUT2D eigenvalue weighted by Crippen LogP contribution is -2.28. The summed E-state index contributed by atoms with van der Waals surface area (Å²) in [7, 11) is 0. The van der Waals surface area contributed by atoms with Gasteiger partial charge in [-0.25, -0.2) is 9.37 Å². The van der Waals surface area contributed by atoms with Crippen molar-refractivity contribution in [3.8, 4) is 0 Å². The smallest absolute Gasteiger partial charge is 0.352 e. The standard InChI is InChI=1S/C17H16F4N4/c1-2-7-25-8-3-4-11-10-22-16(24-15(11)25)23-12-5-6-14(18)13(9-12)17(19,20)21/h3-6,9-10H,2,7-8H2,1H3,(H,22,23,24). The van der Waals surface area contributed by atoms with Crippen molar-refractivity contribution in [1.29, 1.82) is 0 Å². The summed E-state index contributed by atoms with van der Waals surface area (Å²) in [5.41, 5.74) is -0.409. The molecule has 4 nitrogen and oxygen atoms in total. The highest BCUT2D eigenvalue weighted by atomic mass is 19.4. The first kappa shape index (κ1) is 17.2. The van der Waals surface area contributed by atoms with Gasteiger partial charge in [0.05, 0.1) is 5.56 Å². The predicted molar refractivity (Wildman–Crippen MR) is 88.3 cm³/mol. The van der Waals surface area contributed by atoms with E-state index in [-0.39, 0.29) is 11.6 Å². The Hall–Kier alpha value is -2.64. The van der Waals surface area contributed by atoms with Gasteiger partial charge >= 0.3 is 6.18 Å². The number of nitrogens with zero attached hydrogens (tertiary/aromatic N) is 3. The summed E-state index contributed by atoms with van der Waals surface area (Å²) in [6.07, 6.45) is 1.69. The summed E-state index contributed by atoms with van der Waals surface area (Å²) in [6.45, 7) is 3.57. The van der Waals surface area contributed by atoms with E-state index in [0.717, 1.165) is 30.4 Å². The molecule has 0 atom stereocenters. The van der Waals surface area contributed by atoms with Crippen molar-refractivity contribution in [2.24, 2.45) is 0 Å². The number of hydrogen-bond donors (Lipinski definition) is 1. The number of anilines is 3. The van der Waals surface area contributed by atoms with Crippen LogP contribution in [0.1, 0.15) is 24.5 Å². The maximum Gasteiger partial charge on any atom is 0.419 e. The average molecular weight is 352 g/mol. The first-order chi connectivity index (χ1) is 11.9. The number of alkyl halides is 3. The van der Waals surface area contributed by atoms with E-state index in [1.165, 1.54) is 6.07 Å². The van der Waals surface area contributed by atoms with Gasteiger partial charge in [-0.1, -0.05) is 19.1 Å². The highest BCUT2D eigenvalue weighted by Crippen LogP contribution is 2.33. The van der Waals surface area contributed by atoms with Crippen LogP contribution in [0.5, 0.6) is 0 Å². The third-order valence-electron chi connectivity index (χ3n) is 3.74. The molecule has 0 amide bonds. The normalized spacial score (nSPS) is 13.7. The van der Waals surface area contributed by atoms with Gasteiger partial charge < -0.3 is 10.2 Å². The quantitative estimate of drug-likeness (QED) is 0.815. The molecule has 3 rings (SSSR count). The van der Waals surface area contributed by atoms with Crippen LogP contribution in [-0.4, -0.2) is 23.1 Å². The summed E-state index contributed by atoms with van der Waals surface area (Å²) in [4.78, 5) is 10.6. The Morgan fingerprint density at radius 1 is 1.28 bits per heavy atom. The van der Waals surface area contributed by atoms with E-state index >= 15 is 0 Å². The lowest BCUT2D eigenvalue weighted by atomic mass is 10.2. The molecule has 8 heteroatoms. The van der Waals surface area contributed by atoms with E-state index in [2.05, 4.69) is 27.1 Å². The molecule has 1 N–H and O–H groups in total. The molecular formula is C17H16F4N4. The number of benzene rings is 1. The van der Waals surface area contributed by atoms with E-state index in [9.17, 15) is 17.6 Å². The van der Waals surface area contributed by atoms with Gasteiger partial charge in [-0.15, -0.1) is 0 Å². The van der Waals surface area contributed by atoms with Crippen LogP contribution in [-0.2, 0) is 6.18 Å². The third-order valence-corrected chi connectivity index (χ3v) is 3.74. The van der Waals surface area contributed by atoms with Gasteiger partial charge in [0.2, 0.25) is 5.95 Å². The zero-order chi connectivity index (χ0) is 18.0. The van der Waals surface area contributed by atoms with Crippen LogP contribution in [0.3, 0.4) is 0 Å². The summed E-state index contributed by atoms with van der Waals surface area (Å²) < 4.78 is 51.8. The predicted octanol–water partition coefficient (Wildman–Crippen LogP) is 4.62. The number of fused-ring (bicyclic) bond motifs is 1. The first-order valence-corrected chi connectivity index (χ1v) is 7.81. The maximum atomic E-state index is 13.4. The summed E-state index contributed by atoms with van der Waals surface area (Å²) in [5.74, 6) is -0.432. The van der Waals surface area contributed by atoms with Crippen molar-refractivity contribution in [2.75, 3.05) is 23.3 Å². The van der Waals surface area contributed by atoms with Crippen LogP contribution in [0, 0.1) is 5.82 Å². The second-order valence-electron chi connectivity index (χ2n) is 5.64. The van der Waals surface area contributed by atoms with Gasteiger partial charge in [0, 0.05) is 30.5 Å². The molecule has 0 spiro atoms. The fourth-order valence-electron chi connectivity index (χ4n) is 2.62. The Balaban J connectivity index is 1.89. The zero-order valence-corrected chi connectivity index (χ0v) is 13.4. The topological polar surface area (TPSA) is 41.1 Å². The van der Waals surface area contributed by atoms with Crippen molar-refractivity contribution < 1.29 is 17.6 Å². The van der Waals surface area contributed by atoms with E-state index < -0.39 is 17.6 Å². The third kappa shape index (κ3) is 3.72. The Labute approximate surface area is 142 Å². The van der Waals surface area contributed by atoms with Crippen molar-refractivity contribution in [1.82, 2.24) is 9.97 Å². The number of nitrogens with one attached hydrogen (secondary N) is 1. The molecule has 1 aliphatic rings. The fraction of sp³-hybridized carbons (Fsp3) is 0.294. The summed E-state index contributed by atoms with van der Waals surface area (Å²) in [5, 5.41) is 2.72. The lowest BCUT2D eigenvalue weighted by molar-refractivity contribution is -0.139. The Bertz CT molecular complexity index is 802. The molecule has 0 aliphatic carbocycles. The van der Waals surface area contributed by atoms with Crippen LogP contribution in [0.25, 0.3) is 6.08 Å². The molecule has 0 unspecified atom stereocenters. The Morgan fingerprint density at radius 2 is 2.08 bits per heavy atom. The molecule has 0 saturated heterocycles. The maximum absolute atomic E-state index is 13.4. The molecule has 0 bridgehead atoms. The summed E-state index contributed by atoms with van der Waals surface area (Å²) in [6, 6.07) is 2.70. The van der Waals surface area contributed by atoms with Gasteiger partial charge in [0.25, 0.3) is 0 Å². The van der Waals surface area contributed by atoms with Crippen LogP contribution in [0.4, 0.5) is 35.0 Å². The van der Waals surface area contributed by atoms with Crippen molar-refractivity contribution in [2.45, 2.75) is 19.5 Å². The second kappa shape index (κ2) is 6.70. The molecule has 25 heavy (non-hydrogen) atoms. The molecule has 0 radical (unpaired) electrons.